The Hall–Kier alpha value is -1.87. The van der Waals surface area contributed by atoms with E-state index in [9.17, 15) is 0 Å². The van der Waals surface area contributed by atoms with Gasteiger partial charge in [-0.15, -0.1) is 0 Å². The third-order valence-corrected chi connectivity index (χ3v) is 4.03. The summed E-state index contributed by atoms with van der Waals surface area (Å²) >= 11 is 0. The van der Waals surface area contributed by atoms with E-state index in [4.69, 9.17) is 5.73 Å². The maximum absolute atomic E-state index is 5.57. The zero-order chi connectivity index (χ0) is 13.8. The third kappa shape index (κ3) is 2.83. The minimum Gasteiger partial charge on any atom is -0.356 e. The second kappa shape index (κ2) is 6.06. The minimum atomic E-state index is 0.627. The lowest BCUT2D eigenvalue weighted by Gasteiger charge is -2.18. The molecule has 20 heavy (non-hydrogen) atoms. The van der Waals surface area contributed by atoms with Crippen molar-refractivity contribution < 1.29 is 0 Å². The molecule has 1 fully saturated rings. The SMILES string of the molecule is NCCc1ccc(N2CCC(c3ccccc3)C2)nc1. The van der Waals surface area contributed by atoms with Gasteiger partial charge in [0.2, 0.25) is 0 Å². The highest BCUT2D eigenvalue weighted by molar-refractivity contribution is 5.42. The predicted octanol–water partition coefficient (Wildman–Crippen LogP) is 2.58. The molecule has 3 nitrogen and oxygen atoms in total. The molecule has 1 unspecified atom stereocenters. The molecule has 3 rings (SSSR count). The van der Waals surface area contributed by atoms with Crippen LogP contribution in [-0.4, -0.2) is 24.6 Å². The van der Waals surface area contributed by atoms with Crippen molar-refractivity contribution in [3.05, 3.63) is 59.8 Å². The lowest BCUT2D eigenvalue weighted by Crippen LogP contribution is -2.20. The third-order valence-electron chi connectivity index (χ3n) is 4.03. The maximum atomic E-state index is 5.57. The first-order valence-electron chi connectivity index (χ1n) is 7.31. The van der Waals surface area contributed by atoms with Crippen LogP contribution >= 0.6 is 0 Å². The van der Waals surface area contributed by atoms with Gasteiger partial charge in [0.1, 0.15) is 5.82 Å². The zero-order valence-electron chi connectivity index (χ0n) is 11.7. The monoisotopic (exact) mass is 267 g/mol. The van der Waals surface area contributed by atoms with E-state index in [1.54, 1.807) is 0 Å². The highest BCUT2D eigenvalue weighted by Crippen LogP contribution is 2.29. The van der Waals surface area contributed by atoms with Crippen molar-refractivity contribution in [2.24, 2.45) is 5.73 Å². The van der Waals surface area contributed by atoms with Gasteiger partial charge < -0.3 is 10.6 Å². The van der Waals surface area contributed by atoms with Crippen molar-refractivity contribution in [2.75, 3.05) is 24.5 Å². The largest absolute Gasteiger partial charge is 0.356 e. The maximum Gasteiger partial charge on any atom is 0.128 e. The quantitative estimate of drug-likeness (QED) is 0.925. The van der Waals surface area contributed by atoms with Crippen molar-refractivity contribution in [1.29, 1.82) is 0 Å². The summed E-state index contributed by atoms with van der Waals surface area (Å²) in [6, 6.07) is 15.0. The van der Waals surface area contributed by atoms with Gasteiger partial charge in [-0.05, 0) is 36.6 Å². The molecule has 2 aromatic rings. The van der Waals surface area contributed by atoms with Crippen LogP contribution in [0.4, 0.5) is 5.82 Å². The summed E-state index contributed by atoms with van der Waals surface area (Å²) in [6.07, 6.45) is 4.06. The number of nitrogens with two attached hydrogens (primary N) is 1. The molecule has 0 saturated carbocycles. The lowest BCUT2D eigenvalue weighted by atomic mass is 9.99. The number of pyridine rings is 1. The fourth-order valence-electron chi connectivity index (χ4n) is 2.88. The molecule has 1 saturated heterocycles. The van der Waals surface area contributed by atoms with E-state index in [2.05, 4.69) is 52.3 Å². The van der Waals surface area contributed by atoms with Crippen molar-refractivity contribution in [1.82, 2.24) is 4.98 Å². The van der Waals surface area contributed by atoms with Gasteiger partial charge in [0.15, 0.2) is 0 Å². The Kier molecular flexibility index (Phi) is 3.97. The normalized spacial score (nSPS) is 18.4. The average molecular weight is 267 g/mol. The van der Waals surface area contributed by atoms with Gasteiger partial charge in [-0.3, -0.25) is 0 Å². The first-order valence-corrected chi connectivity index (χ1v) is 7.31. The summed E-state index contributed by atoms with van der Waals surface area (Å²) in [6.45, 7) is 2.83. The van der Waals surface area contributed by atoms with Crippen molar-refractivity contribution in [2.45, 2.75) is 18.8 Å². The lowest BCUT2D eigenvalue weighted by molar-refractivity contribution is 0.774. The number of anilines is 1. The van der Waals surface area contributed by atoms with Crippen molar-refractivity contribution >= 4 is 5.82 Å². The van der Waals surface area contributed by atoms with Crippen LogP contribution in [0, 0.1) is 0 Å². The molecule has 0 spiro atoms. The summed E-state index contributed by atoms with van der Waals surface area (Å²) in [5, 5.41) is 0. The number of rotatable bonds is 4. The molecular weight excluding hydrogens is 246 g/mol. The number of hydrogen-bond donors (Lipinski definition) is 1. The first-order chi connectivity index (χ1) is 9.86. The summed E-state index contributed by atoms with van der Waals surface area (Å²) < 4.78 is 0. The molecule has 0 bridgehead atoms. The zero-order valence-corrected chi connectivity index (χ0v) is 11.7. The summed E-state index contributed by atoms with van der Waals surface area (Å²) in [5.41, 5.74) is 8.22. The number of hydrogen-bond acceptors (Lipinski definition) is 3. The Balaban J connectivity index is 1.67. The molecule has 1 aromatic heterocycles. The van der Waals surface area contributed by atoms with Gasteiger partial charge in [0.25, 0.3) is 0 Å². The van der Waals surface area contributed by atoms with Gasteiger partial charge in [0.05, 0.1) is 0 Å². The molecule has 1 aliphatic heterocycles. The molecule has 104 valence electrons. The van der Waals surface area contributed by atoms with Crippen LogP contribution in [0.25, 0.3) is 0 Å². The van der Waals surface area contributed by atoms with Crippen LogP contribution in [-0.2, 0) is 6.42 Å². The van der Waals surface area contributed by atoms with E-state index in [1.807, 2.05) is 6.20 Å². The molecular formula is C17H21N3. The van der Waals surface area contributed by atoms with Crippen LogP contribution in [0.15, 0.2) is 48.7 Å². The number of nitrogens with zero attached hydrogens (tertiary/aromatic N) is 2. The molecule has 0 radical (unpaired) electrons. The topological polar surface area (TPSA) is 42.1 Å². The van der Waals surface area contributed by atoms with Crippen LogP contribution in [0.1, 0.15) is 23.5 Å². The van der Waals surface area contributed by atoms with Gasteiger partial charge in [-0.2, -0.15) is 0 Å². The Labute approximate surface area is 120 Å². The molecule has 2 N–H and O–H groups in total. The number of aromatic nitrogens is 1. The Morgan fingerprint density at radius 1 is 1.15 bits per heavy atom. The average Bonchev–Trinajstić information content (AvgIpc) is 2.99. The van der Waals surface area contributed by atoms with Gasteiger partial charge in [-0.1, -0.05) is 36.4 Å². The van der Waals surface area contributed by atoms with Gasteiger partial charge >= 0.3 is 0 Å². The van der Waals surface area contributed by atoms with Crippen molar-refractivity contribution in [3.63, 3.8) is 0 Å². The van der Waals surface area contributed by atoms with Crippen molar-refractivity contribution in [3.8, 4) is 0 Å². The van der Waals surface area contributed by atoms with Crippen LogP contribution in [0.5, 0.6) is 0 Å². The Bertz CT molecular complexity index is 536. The smallest absolute Gasteiger partial charge is 0.128 e. The Morgan fingerprint density at radius 3 is 2.70 bits per heavy atom. The van der Waals surface area contributed by atoms with E-state index in [0.29, 0.717) is 12.5 Å². The minimum absolute atomic E-state index is 0.627. The van der Waals surface area contributed by atoms with E-state index >= 15 is 0 Å². The molecule has 0 aliphatic carbocycles. The summed E-state index contributed by atoms with van der Waals surface area (Å²) in [7, 11) is 0. The van der Waals surface area contributed by atoms with E-state index in [-0.39, 0.29) is 0 Å². The van der Waals surface area contributed by atoms with Crippen LogP contribution in [0.3, 0.4) is 0 Å². The van der Waals surface area contributed by atoms with Gasteiger partial charge in [0, 0.05) is 25.2 Å². The number of benzene rings is 1. The van der Waals surface area contributed by atoms with E-state index in [1.165, 1.54) is 17.5 Å². The molecule has 1 atom stereocenters. The highest BCUT2D eigenvalue weighted by Gasteiger charge is 2.24. The fourth-order valence-corrected chi connectivity index (χ4v) is 2.88. The van der Waals surface area contributed by atoms with Crippen LogP contribution in [0.2, 0.25) is 0 Å². The molecule has 1 aliphatic rings. The fraction of sp³-hybridized carbons (Fsp3) is 0.353. The standard InChI is InChI=1S/C17H21N3/c18-10-8-14-6-7-17(19-12-14)20-11-9-16(13-20)15-4-2-1-3-5-15/h1-7,12,16H,8-11,13,18H2. The van der Waals surface area contributed by atoms with E-state index in [0.717, 1.165) is 25.3 Å². The summed E-state index contributed by atoms with van der Waals surface area (Å²) in [4.78, 5) is 6.96. The first kappa shape index (κ1) is 13.1. The Morgan fingerprint density at radius 2 is 2.00 bits per heavy atom. The molecule has 2 heterocycles. The summed E-state index contributed by atoms with van der Waals surface area (Å²) in [5.74, 6) is 1.71. The van der Waals surface area contributed by atoms with Crippen LogP contribution < -0.4 is 10.6 Å². The second-order valence-electron chi connectivity index (χ2n) is 5.41. The van der Waals surface area contributed by atoms with E-state index < -0.39 is 0 Å². The molecule has 0 amide bonds. The van der Waals surface area contributed by atoms with Gasteiger partial charge in [-0.25, -0.2) is 4.98 Å². The molecule has 1 aromatic carbocycles. The second-order valence-corrected chi connectivity index (χ2v) is 5.41. The highest BCUT2D eigenvalue weighted by atomic mass is 15.2. The molecule has 3 heteroatoms. The predicted molar refractivity (Wildman–Crippen MR) is 83.0 cm³/mol.